The third-order valence-corrected chi connectivity index (χ3v) is 3.79. The molecule has 2 aromatic heterocycles. The number of anilines is 1. The number of aromatic nitrogens is 4. The van der Waals surface area contributed by atoms with Crippen LogP contribution in [-0.2, 0) is 0 Å². The molecule has 2 heterocycles. The van der Waals surface area contributed by atoms with Gasteiger partial charge in [-0.1, -0.05) is 30.3 Å². The topological polar surface area (TPSA) is 121 Å². The largest absolute Gasteiger partial charge is 0.398 e. The smallest absolute Gasteiger partial charge is 0.300 e. The Bertz CT molecular complexity index is 1220. The highest BCUT2D eigenvalue weighted by Crippen LogP contribution is 2.20. The predicted octanol–water partition coefficient (Wildman–Crippen LogP) is 0.367. The molecule has 0 unspecified atom stereocenters. The van der Waals surface area contributed by atoms with Crippen molar-refractivity contribution >= 4 is 22.4 Å². The molecule has 0 fully saturated rings. The normalized spacial score (nSPS) is 11.2. The van der Waals surface area contributed by atoms with Gasteiger partial charge >= 0.3 is 0 Å². The van der Waals surface area contributed by atoms with Gasteiger partial charge in [0.25, 0.3) is 16.9 Å². The van der Waals surface area contributed by atoms with E-state index < -0.39 is 11.1 Å². The molecular formula is C16H12N6O2. The molecule has 0 amide bonds. The lowest BCUT2D eigenvalue weighted by Gasteiger charge is -2.10. The van der Waals surface area contributed by atoms with Gasteiger partial charge in [0.05, 0.1) is 10.9 Å². The standard InChI is InChI=1S/C16H12N6O2/c17-11-7-3-1-5-9(11)13-15(24)21(18)16-19-12-8-4-2-6-10(12)14(23)22(16)20-13/h1-8H,17-18H2. The van der Waals surface area contributed by atoms with Crippen molar-refractivity contribution < 1.29 is 0 Å². The molecule has 0 aliphatic rings. The number of hydrogen-bond acceptors (Lipinski definition) is 6. The highest BCUT2D eigenvalue weighted by molar-refractivity contribution is 5.79. The van der Waals surface area contributed by atoms with E-state index in [-0.39, 0.29) is 11.5 Å². The molecule has 0 radical (unpaired) electrons. The van der Waals surface area contributed by atoms with Crippen molar-refractivity contribution in [2.45, 2.75) is 0 Å². The fourth-order valence-electron chi connectivity index (χ4n) is 2.59. The summed E-state index contributed by atoms with van der Waals surface area (Å²) in [5, 5.41) is 4.55. The van der Waals surface area contributed by atoms with Gasteiger partial charge in [0.15, 0.2) is 5.69 Å². The second-order valence-electron chi connectivity index (χ2n) is 5.26. The van der Waals surface area contributed by atoms with Crippen LogP contribution in [0.15, 0.2) is 58.1 Å². The minimum atomic E-state index is -0.588. The SMILES string of the molecule is Nc1ccccc1-c1nn2c(=O)c3ccccc3nc2n(N)c1=O. The first-order valence-corrected chi connectivity index (χ1v) is 7.13. The molecule has 0 atom stereocenters. The lowest BCUT2D eigenvalue weighted by atomic mass is 10.1. The van der Waals surface area contributed by atoms with Gasteiger partial charge in [0.2, 0.25) is 0 Å². The van der Waals surface area contributed by atoms with Gasteiger partial charge in [-0.05, 0) is 18.2 Å². The molecular weight excluding hydrogens is 308 g/mol. The van der Waals surface area contributed by atoms with Crippen LogP contribution in [0.5, 0.6) is 0 Å². The Balaban J connectivity index is 2.20. The molecule has 4 aromatic rings. The number of benzene rings is 2. The van der Waals surface area contributed by atoms with Crippen molar-refractivity contribution in [3.05, 3.63) is 69.2 Å². The number of nitrogen functional groups attached to an aromatic ring is 2. The Labute approximate surface area is 134 Å². The maximum absolute atomic E-state index is 12.7. The third kappa shape index (κ3) is 1.86. The van der Waals surface area contributed by atoms with E-state index in [1.54, 1.807) is 48.5 Å². The van der Waals surface area contributed by atoms with Crippen molar-refractivity contribution in [1.29, 1.82) is 0 Å². The van der Waals surface area contributed by atoms with E-state index in [4.69, 9.17) is 11.6 Å². The summed E-state index contributed by atoms with van der Waals surface area (Å²) in [5.74, 6) is 5.83. The number of para-hydroxylation sites is 2. The number of nitrogens with zero attached hydrogens (tertiary/aromatic N) is 4. The van der Waals surface area contributed by atoms with E-state index in [9.17, 15) is 9.59 Å². The summed E-state index contributed by atoms with van der Waals surface area (Å²) in [5.41, 5.74) is 6.11. The second-order valence-corrected chi connectivity index (χ2v) is 5.26. The number of rotatable bonds is 1. The van der Waals surface area contributed by atoms with Gasteiger partial charge in [0.1, 0.15) is 0 Å². The molecule has 0 aliphatic carbocycles. The molecule has 0 saturated carbocycles. The molecule has 0 spiro atoms. The van der Waals surface area contributed by atoms with Crippen molar-refractivity contribution in [3.63, 3.8) is 0 Å². The molecule has 8 heteroatoms. The first-order valence-electron chi connectivity index (χ1n) is 7.13. The summed E-state index contributed by atoms with van der Waals surface area (Å²) in [7, 11) is 0. The lowest BCUT2D eigenvalue weighted by molar-refractivity contribution is 0.783. The van der Waals surface area contributed by atoms with E-state index in [0.29, 0.717) is 22.2 Å². The first-order chi connectivity index (χ1) is 11.6. The molecule has 118 valence electrons. The van der Waals surface area contributed by atoms with Crippen LogP contribution in [0.3, 0.4) is 0 Å². The Hall–Kier alpha value is -3.68. The summed E-state index contributed by atoms with van der Waals surface area (Å²) in [6.45, 7) is 0. The Kier molecular flexibility index (Phi) is 2.86. The van der Waals surface area contributed by atoms with Crippen LogP contribution in [0.25, 0.3) is 27.9 Å². The van der Waals surface area contributed by atoms with Crippen molar-refractivity contribution in [2.75, 3.05) is 11.6 Å². The quantitative estimate of drug-likeness (QED) is 0.297. The van der Waals surface area contributed by atoms with Gasteiger partial charge in [-0.3, -0.25) is 9.59 Å². The predicted molar refractivity (Wildman–Crippen MR) is 91.0 cm³/mol. The van der Waals surface area contributed by atoms with Crippen LogP contribution in [0.2, 0.25) is 0 Å². The molecule has 4 N–H and O–H groups in total. The van der Waals surface area contributed by atoms with E-state index in [2.05, 4.69) is 10.1 Å². The Morgan fingerprint density at radius 2 is 1.62 bits per heavy atom. The van der Waals surface area contributed by atoms with Crippen LogP contribution < -0.4 is 22.7 Å². The molecule has 8 nitrogen and oxygen atoms in total. The fraction of sp³-hybridized carbons (Fsp3) is 0. The maximum atomic E-state index is 12.7. The zero-order valence-electron chi connectivity index (χ0n) is 12.4. The molecule has 4 rings (SSSR count). The van der Waals surface area contributed by atoms with Crippen LogP contribution >= 0.6 is 0 Å². The van der Waals surface area contributed by atoms with Crippen LogP contribution in [-0.4, -0.2) is 19.3 Å². The summed E-state index contributed by atoms with van der Waals surface area (Å²) in [6.07, 6.45) is 0. The monoisotopic (exact) mass is 320 g/mol. The highest BCUT2D eigenvalue weighted by atomic mass is 16.1. The van der Waals surface area contributed by atoms with Gasteiger partial charge in [-0.2, -0.15) is 14.3 Å². The van der Waals surface area contributed by atoms with Gasteiger partial charge < -0.3 is 11.6 Å². The lowest BCUT2D eigenvalue weighted by Crippen LogP contribution is -2.36. The molecule has 0 aliphatic heterocycles. The highest BCUT2D eigenvalue weighted by Gasteiger charge is 2.16. The van der Waals surface area contributed by atoms with E-state index >= 15 is 0 Å². The van der Waals surface area contributed by atoms with Crippen LogP contribution in [0, 0.1) is 0 Å². The van der Waals surface area contributed by atoms with Crippen molar-refractivity contribution in [3.8, 4) is 11.3 Å². The van der Waals surface area contributed by atoms with Crippen molar-refractivity contribution in [2.24, 2.45) is 0 Å². The molecule has 24 heavy (non-hydrogen) atoms. The molecule has 0 bridgehead atoms. The Morgan fingerprint density at radius 3 is 2.42 bits per heavy atom. The summed E-state index contributed by atoms with van der Waals surface area (Å²) in [6, 6.07) is 13.5. The van der Waals surface area contributed by atoms with E-state index in [1.807, 2.05) is 0 Å². The van der Waals surface area contributed by atoms with E-state index in [0.717, 1.165) is 9.19 Å². The van der Waals surface area contributed by atoms with Gasteiger partial charge in [-0.15, -0.1) is 0 Å². The Morgan fingerprint density at radius 1 is 0.917 bits per heavy atom. The zero-order valence-corrected chi connectivity index (χ0v) is 12.4. The average Bonchev–Trinajstić information content (AvgIpc) is 2.60. The van der Waals surface area contributed by atoms with Crippen LogP contribution in [0.4, 0.5) is 5.69 Å². The number of hydrogen-bond donors (Lipinski definition) is 2. The molecule has 0 saturated heterocycles. The minimum absolute atomic E-state index is 0.0118. The second kappa shape index (κ2) is 4.92. The van der Waals surface area contributed by atoms with Gasteiger partial charge in [-0.25, -0.2) is 4.98 Å². The van der Waals surface area contributed by atoms with Crippen molar-refractivity contribution in [1.82, 2.24) is 19.3 Å². The van der Waals surface area contributed by atoms with Crippen LogP contribution in [0.1, 0.15) is 0 Å². The number of fused-ring (bicyclic) bond motifs is 2. The summed E-state index contributed by atoms with van der Waals surface area (Å²) < 4.78 is 1.83. The van der Waals surface area contributed by atoms with E-state index in [1.165, 1.54) is 0 Å². The fourth-order valence-corrected chi connectivity index (χ4v) is 2.59. The number of nitrogens with two attached hydrogens (primary N) is 2. The van der Waals surface area contributed by atoms with Gasteiger partial charge in [0, 0.05) is 11.3 Å². The molecule has 2 aromatic carbocycles. The first kappa shape index (κ1) is 13.9. The third-order valence-electron chi connectivity index (χ3n) is 3.79. The maximum Gasteiger partial charge on any atom is 0.300 e. The average molecular weight is 320 g/mol. The summed E-state index contributed by atoms with van der Waals surface area (Å²) in [4.78, 5) is 29.5. The minimum Gasteiger partial charge on any atom is -0.398 e. The zero-order chi connectivity index (χ0) is 16.8. The summed E-state index contributed by atoms with van der Waals surface area (Å²) >= 11 is 0.